The summed E-state index contributed by atoms with van der Waals surface area (Å²) >= 11 is 5.77. The molecule has 0 radical (unpaired) electrons. The van der Waals surface area contributed by atoms with Crippen molar-refractivity contribution < 1.29 is 19.1 Å². The summed E-state index contributed by atoms with van der Waals surface area (Å²) in [5.41, 5.74) is -0.893. The second-order valence-corrected chi connectivity index (χ2v) is 4.70. The Balaban J connectivity index is 2.35. The average Bonchev–Trinajstić information content (AvgIpc) is 2.94. The van der Waals surface area contributed by atoms with E-state index in [2.05, 4.69) is 0 Å². The van der Waals surface area contributed by atoms with Crippen LogP contribution in [-0.4, -0.2) is 34.0 Å². The van der Waals surface area contributed by atoms with Crippen molar-refractivity contribution in [2.45, 2.75) is 31.7 Å². The fraction of sp³-hybridized carbons (Fsp3) is 0.500. The molecule has 0 aliphatic carbocycles. The molecule has 1 atom stereocenters. The molecule has 1 fully saturated rings. The molecule has 0 spiro atoms. The highest BCUT2D eigenvalue weighted by Crippen LogP contribution is 2.35. The van der Waals surface area contributed by atoms with Crippen molar-refractivity contribution in [3.05, 3.63) is 23.1 Å². The molecule has 0 aromatic carbocycles. The lowest BCUT2D eigenvalue weighted by Gasteiger charge is -2.33. The number of halogens is 1. The summed E-state index contributed by atoms with van der Waals surface area (Å²) in [7, 11) is 0. The first-order valence-corrected chi connectivity index (χ1v) is 6.19. The first-order valence-electron chi connectivity index (χ1n) is 5.81. The molecule has 1 aromatic rings. The third-order valence-corrected chi connectivity index (χ3v) is 3.86. The molecule has 2 heterocycles. The van der Waals surface area contributed by atoms with E-state index in [4.69, 9.17) is 16.0 Å². The van der Waals surface area contributed by atoms with E-state index in [1.165, 1.54) is 17.2 Å². The van der Waals surface area contributed by atoms with Crippen molar-refractivity contribution >= 4 is 23.5 Å². The quantitative estimate of drug-likeness (QED) is 0.916. The SMILES string of the molecule is CCC1(C(=O)O)CCCN1C(=O)c1ccoc1Cl. The molecule has 98 valence electrons. The number of carboxylic acids is 1. The number of rotatable bonds is 3. The smallest absolute Gasteiger partial charge is 0.329 e. The molecule has 1 amide bonds. The molecule has 1 N–H and O–H groups in total. The van der Waals surface area contributed by atoms with Crippen LogP contribution in [-0.2, 0) is 4.79 Å². The van der Waals surface area contributed by atoms with Crippen molar-refractivity contribution in [2.75, 3.05) is 6.54 Å². The standard InChI is InChI=1S/C12H14ClNO4/c1-2-12(11(16)17)5-3-6-14(12)10(15)8-4-7-18-9(8)13/h4,7H,2-3,5-6H2,1H3,(H,16,17). The number of amides is 1. The highest BCUT2D eigenvalue weighted by atomic mass is 35.5. The number of hydrogen-bond acceptors (Lipinski definition) is 3. The molecule has 18 heavy (non-hydrogen) atoms. The first-order chi connectivity index (χ1) is 8.53. The topological polar surface area (TPSA) is 70.8 Å². The van der Waals surface area contributed by atoms with Gasteiger partial charge in [-0.2, -0.15) is 0 Å². The highest BCUT2D eigenvalue weighted by Gasteiger charge is 2.49. The first kappa shape index (κ1) is 13.0. The predicted octanol–water partition coefficient (Wildman–Crippen LogP) is 2.40. The Bertz CT molecular complexity index is 484. The van der Waals surface area contributed by atoms with Crippen LogP contribution in [0, 0.1) is 0 Å². The minimum atomic E-state index is -1.11. The number of carbonyl (C=O) groups is 2. The number of nitrogens with zero attached hydrogens (tertiary/aromatic N) is 1. The zero-order chi connectivity index (χ0) is 13.3. The number of carbonyl (C=O) groups excluding carboxylic acids is 1. The van der Waals surface area contributed by atoms with Crippen LogP contribution in [0.15, 0.2) is 16.7 Å². The van der Waals surface area contributed by atoms with Gasteiger partial charge in [-0.25, -0.2) is 4.79 Å². The average molecular weight is 272 g/mol. The van der Waals surface area contributed by atoms with Gasteiger partial charge >= 0.3 is 5.97 Å². The van der Waals surface area contributed by atoms with Crippen LogP contribution >= 0.6 is 11.6 Å². The molecular weight excluding hydrogens is 258 g/mol. The Morgan fingerprint density at radius 3 is 2.83 bits per heavy atom. The second-order valence-electron chi connectivity index (χ2n) is 4.36. The molecule has 6 heteroatoms. The third kappa shape index (κ3) is 1.79. The molecule has 2 rings (SSSR count). The number of hydrogen-bond donors (Lipinski definition) is 1. The summed E-state index contributed by atoms with van der Waals surface area (Å²) < 4.78 is 4.88. The van der Waals surface area contributed by atoms with Crippen molar-refractivity contribution in [3.63, 3.8) is 0 Å². The van der Waals surface area contributed by atoms with Gasteiger partial charge < -0.3 is 14.4 Å². The van der Waals surface area contributed by atoms with Gasteiger partial charge in [-0.3, -0.25) is 4.79 Å². The summed E-state index contributed by atoms with van der Waals surface area (Å²) in [5.74, 6) is -1.34. The highest BCUT2D eigenvalue weighted by molar-refractivity contribution is 6.32. The monoisotopic (exact) mass is 271 g/mol. The summed E-state index contributed by atoms with van der Waals surface area (Å²) in [6, 6.07) is 1.46. The van der Waals surface area contributed by atoms with Gasteiger partial charge in [0, 0.05) is 6.54 Å². The van der Waals surface area contributed by atoms with Gasteiger partial charge in [-0.1, -0.05) is 6.92 Å². The molecule has 1 unspecified atom stereocenters. The predicted molar refractivity (Wildman–Crippen MR) is 64.6 cm³/mol. The van der Waals surface area contributed by atoms with Crippen LogP contribution in [0.2, 0.25) is 5.22 Å². The van der Waals surface area contributed by atoms with Crippen molar-refractivity contribution in [2.24, 2.45) is 0 Å². The lowest BCUT2D eigenvalue weighted by atomic mass is 9.92. The van der Waals surface area contributed by atoms with Crippen LogP contribution in [0.25, 0.3) is 0 Å². The molecule has 5 nitrogen and oxygen atoms in total. The maximum Gasteiger partial charge on any atom is 0.329 e. The Morgan fingerprint density at radius 2 is 2.33 bits per heavy atom. The largest absolute Gasteiger partial charge is 0.479 e. The van der Waals surface area contributed by atoms with Crippen molar-refractivity contribution in [1.82, 2.24) is 4.90 Å². The van der Waals surface area contributed by atoms with Gasteiger partial charge in [0.1, 0.15) is 5.54 Å². The lowest BCUT2D eigenvalue weighted by molar-refractivity contribution is -0.148. The molecule has 1 aromatic heterocycles. The van der Waals surface area contributed by atoms with Crippen LogP contribution in [0.4, 0.5) is 0 Å². The van der Waals surface area contributed by atoms with Gasteiger partial charge in [0.25, 0.3) is 5.91 Å². The van der Waals surface area contributed by atoms with E-state index in [1.54, 1.807) is 6.92 Å². The van der Waals surface area contributed by atoms with E-state index in [0.717, 1.165) is 0 Å². The Hall–Kier alpha value is -1.49. The normalized spacial score (nSPS) is 23.3. The Labute approximate surface area is 109 Å². The van der Waals surface area contributed by atoms with E-state index in [9.17, 15) is 14.7 Å². The van der Waals surface area contributed by atoms with E-state index in [-0.39, 0.29) is 16.7 Å². The fourth-order valence-electron chi connectivity index (χ4n) is 2.51. The van der Waals surface area contributed by atoms with Crippen LogP contribution in [0.5, 0.6) is 0 Å². The summed E-state index contributed by atoms with van der Waals surface area (Å²) in [6.07, 6.45) is 2.85. The molecule has 1 aliphatic rings. The Kier molecular flexibility index (Phi) is 3.34. The molecule has 0 saturated carbocycles. The van der Waals surface area contributed by atoms with Crippen LogP contribution in [0.3, 0.4) is 0 Å². The van der Waals surface area contributed by atoms with E-state index in [0.29, 0.717) is 25.8 Å². The minimum Gasteiger partial charge on any atom is -0.479 e. The van der Waals surface area contributed by atoms with Crippen molar-refractivity contribution in [3.8, 4) is 0 Å². The fourth-order valence-corrected chi connectivity index (χ4v) is 2.70. The van der Waals surface area contributed by atoms with E-state index < -0.39 is 11.5 Å². The third-order valence-electron chi connectivity index (χ3n) is 3.57. The summed E-state index contributed by atoms with van der Waals surface area (Å²) in [4.78, 5) is 25.2. The molecule has 1 saturated heterocycles. The number of likely N-dealkylation sites (tertiary alicyclic amines) is 1. The van der Waals surface area contributed by atoms with Gasteiger partial charge in [-0.05, 0) is 36.9 Å². The maximum absolute atomic E-state index is 12.3. The Morgan fingerprint density at radius 1 is 1.61 bits per heavy atom. The zero-order valence-corrected chi connectivity index (χ0v) is 10.7. The number of aliphatic carboxylic acids is 1. The van der Waals surface area contributed by atoms with Gasteiger partial charge in [0.15, 0.2) is 0 Å². The second kappa shape index (κ2) is 4.65. The minimum absolute atomic E-state index is 0.00212. The van der Waals surface area contributed by atoms with Gasteiger partial charge in [0.2, 0.25) is 5.22 Å². The van der Waals surface area contributed by atoms with Gasteiger partial charge in [0.05, 0.1) is 11.8 Å². The van der Waals surface area contributed by atoms with E-state index >= 15 is 0 Å². The molecule has 0 bridgehead atoms. The molecule has 1 aliphatic heterocycles. The maximum atomic E-state index is 12.3. The zero-order valence-electron chi connectivity index (χ0n) is 9.98. The van der Waals surface area contributed by atoms with Crippen LogP contribution < -0.4 is 0 Å². The molecular formula is C12H14ClNO4. The lowest BCUT2D eigenvalue weighted by Crippen LogP contribution is -2.52. The van der Waals surface area contributed by atoms with Crippen LogP contribution in [0.1, 0.15) is 36.5 Å². The number of carboxylic acid groups (broad SMARTS) is 1. The van der Waals surface area contributed by atoms with Crippen molar-refractivity contribution in [1.29, 1.82) is 0 Å². The van der Waals surface area contributed by atoms with Gasteiger partial charge in [-0.15, -0.1) is 0 Å². The summed E-state index contributed by atoms with van der Waals surface area (Å²) in [6.45, 7) is 2.21. The number of furan rings is 1. The summed E-state index contributed by atoms with van der Waals surface area (Å²) in [5, 5.41) is 9.40. The van der Waals surface area contributed by atoms with E-state index in [1.807, 2.05) is 0 Å².